The van der Waals surface area contributed by atoms with Crippen LogP contribution >= 0.6 is 0 Å². The van der Waals surface area contributed by atoms with E-state index in [1.807, 2.05) is 24.0 Å². The number of rotatable bonds is 10. The van der Waals surface area contributed by atoms with E-state index >= 15 is 0 Å². The third kappa shape index (κ3) is 4.45. The number of imide groups is 1. The summed E-state index contributed by atoms with van der Waals surface area (Å²) < 4.78 is 10.7. The van der Waals surface area contributed by atoms with Crippen LogP contribution in [0.1, 0.15) is 18.1 Å². The van der Waals surface area contributed by atoms with Crippen LogP contribution in [0.2, 0.25) is 0 Å². The summed E-state index contributed by atoms with van der Waals surface area (Å²) >= 11 is 0. The fraction of sp³-hybridized carbons (Fsp3) is 0.292. The molecule has 3 rings (SSSR count). The third-order valence-electron chi connectivity index (χ3n) is 5.25. The number of pyridine rings is 1. The molecule has 0 atom stereocenters. The van der Waals surface area contributed by atoms with Gasteiger partial charge in [-0.15, -0.1) is 6.58 Å². The van der Waals surface area contributed by atoms with Crippen LogP contribution in [0.4, 0.5) is 0 Å². The van der Waals surface area contributed by atoms with Crippen LogP contribution < -0.4 is 9.47 Å². The van der Waals surface area contributed by atoms with Gasteiger partial charge in [0.15, 0.2) is 11.5 Å². The number of likely N-dealkylation sites (N-methyl/N-ethyl adjacent to an activating group) is 1. The van der Waals surface area contributed by atoms with E-state index in [-0.39, 0.29) is 18.4 Å². The Kier molecular flexibility index (Phi) is 7.07. The number of carbonyl (C=O) groups is 2. The molecule has 1 aromatic carbocycles. The van der Waals surface area contributed by atoms with Crippen molar-refractivity contribution in [1.29, 1.82) is 0 Å². The summed E-state index contributed by atoms with van der Waals surface area (Å²) in [7, 11) is 3.09. The van der Waals surface area contributed by atoms with Crippen LogP contribution in [0.5, 0.6) is 11.5 Å². The molecule has 0 aliphatic carbocycles. The molecule has 0 fully saturated rings. The molecule has 31 heavy (non-hydrogen) atoms. The zero-order valence-corrected chi connectivity index (χ0v) is 18.1. The van der Waals surface area contributed by atoms with E-state index in [1.54, 1.807) is 43.8 Å². The van der Waals surface area contributed by atoms with Crippen LogP contribution in [0, 0.1) is 0 Å². The highest BCUT2D eigenvalue weighted by molar-refractivity contribution is 6.35. The van der Waals surface area contributed by atoms with Gasteiger partial charge >= 0.3 is 0 Å². The number of carbonyl (C=O) groups excluding carboxylic acids is 2. The molecule has 0 unspecified atom stereocenters. The quantitative estimate of drug-likeness (QED) is 0.434. The SMILES string of the molecule is C=CCN1C(=O)C(c2ccc(OC)c(OC)c2)=C(N(CC)CCc2ccncc2)C1=O. The lowest BCUT2D eigenvalue weighted by atomic mass is 10.0. The third-order valence-corrected chi connectivity index (χ3v) is 5.25. The highest BCUT2D eigenvalue weighted by Crippen LogP contribution is 2.36. The Morgan fingerprint density at radius 1 is 1.06 bits per heavy atom. The molecule has 7 nitrogen and oxygen atoms in total. The van der Waals surface area contributed by atoms with Crippen molar-refractivity contribution in [2.45, 2.75) is 13.3 Å². The van der Waals surface area contributed by atoms with Crippen LogP contribution in [0.25, 0.3) is 5.57 Å². The van der Waals surface area contributed by atoms with Crippen molar-refractivity contribution in [2.75, 3.05) is 33.9 Å². The lowest BCUT2D eigenvalue weighted by molar-refractivity contribution is -0.136. The van der Waals surface area contributed by atoms with Gasteiger partial charge in [-0.25, -0.2) is 0 Å². The highest BCUT2D eigenvalue weighted by atomic mass is 16.5. The average molecular weight is 421 g/mol. The fourth-order valence-corrected chi connectivity index (χ4v) is 3.65. The summed E-state index contributed by atoms with van der Waals surface area (Å²) in [6.07, 6.45) is 5.77. The summed E-state index contributed by atoms with van der Waals surface area (Å²) in [5.41, 5.74) is 2.49. The molecule has 0 saturated carbocycles. The van der Waals surface area contributed by atoms with Crippen LogP contribution in [0.3, 0.4) is 0 Å². The summed E-state index contributed by atoms with van der Waals surface area (Å²) in [6, 6.07) is 9.13. The number of hydrogen-bond acceptors (Lipinski definition) is 6. The van der Waals surface area contributed by atoms with Crippen LogP contribution in [0.15, 0.2) is 61.1 Å². The second kappa shape index (κ2) is 9.93. The molecular formula is C24H27N3O4. The van der Waals surface area contributed by atoms with E-state index < -0.39 is 0 Å². The van der Waals surface area contributed by atoms with Gasteiger partial charge in [-0.2, -0.15) is 0 Å². The van der Waals surface area contributed by atoms with Crippen molar-refractivity contribution < 1.29 is 19.1 Å². The van der Waals surface area contributed by atoms with Gasteiger partial charge in [0.1, 0.15) is 5.70 Å². The predicted octanol–water partition coefficient (Wildman–Crippen LogP) is 2.93. The maximum atomic E-state index is 13.3. The van der Waals surface area contributed by atoms with E-state index in [0.29, 0.717) is 41.4 Å². The lowest BCUT2D eigenvalue weighted by Gasteiger charge is -2.24. The number of nitrogens with zero attached hydrogens (tertiary/aromatic N) is 3. The van der Waals surface area contributed by atoms with Gasteiger partial charge in [-0.1, -0.05) is 12.1 Å². The number of aromatic nitrogens is 1. The first kappa shape index (κ1) is 22.1. The zero-order valence-electron chi connectivity index (χ0n) is 18.1. The van der Waals surface area contributed by atoms with E-state index in [1.165, 1.54) is 12.0 Å². The molecule has 162 valence electrons. The topological polar surface area (TPSA) is 72.0 Å². The molecule has 0 bridgehead atoms. The maximum absolute atomic E-state index is 13.3. The minimum atomic E-state index is -0.338. The average Bonchev–Trinajstić information content (AvgIpc) is 3.05. The Bertz CT molecular complexity index is 1000. The zero-order chi connectivity index (χ0) is 22.4. The van der Waals surface area contributed by atoms with Crippen molar-refractivity contribution in [3.8, 4) is 11.5 Å². The normalized spacial score (nSPS) is 13.6. The molecule has 0 radical (unpaired) electrons. The van der Waals surface area contributed by atoms with Gasteiger partial charge in [-0.05, 0) is 48.7 Å². The smallest absolute Gasteiger partial charge is 0.278 e. The molecule has 0 spiro atoms. The monoisotopic (exact) mass is 421 g/mol. The van der Waals surface area contributed by atoms with E-state index in [0.717, 1.165) is 12.0 Å². The molecule has 0 saturated heterocycles. The molecule has 1 aromatic heterocycles. The van der Waals surface area contributed by atoms with Crippen molar-refractivity contribution in [1.82, 2.24) is 14.8 Å². The van der Waals surface area contributed by atoms with E-state index in [4.69, 9.17) is 9.47 Å². The van der Waals surface area contributed by atoms with Gasteiger partial charge in [0, 0.05) is 32.0 Å². The van der Waals surface area contributed by atoms with Crippen LogP contribution in [-0.4, -0.2) is 60.5 Å². The molecule has 2 amide bonds. The number of methoxy groups -OCH3 is 2. The molecule has 1 aliphatic heterocycles. The van der Waals surface area contributed by atoms with Gasteiger partial charge in [0.2, 0.25) is 0 Å². The van der Waals surface area contributed by atoms with Crippen molar-refractivity contribution in [3.05, 3.63) is 72.2 Å². The van der Waals surface area contributed by atoms with E-state index in [9.17, 15) is 9.59 Å². The Labute approximate surface area is 182 Å². The Morgan fingerprint density at radius 3 is 2.39 bits per heavy atom. The first-order chi connectivity index (χ1) is 15.0. The molecular weight excluding hydrogens is 394 g/mol. The van der Waals surface area contributed by atoms with Gasteiger partial charge in [0.05, 0.1) is 19.8 Å². The van der Waals surface area contributed by atoms with E-state index in [2.05, 4.69) is 11.6 Å². The van der Waals surface area contributed by atoms with Crippen molar-refractivity contribution in [2.24, 2.45) is 0 Å². The second-order valence-electron chi connectivity index (χ2n) is 6.99. The molecule has 2 aromatic rings. The number of benzene rings is 1. The molecule has 2 heterocycles. The predicted molar refractivity (Wildman–Crippen MR) is 119 cm³/mol. The largest absolute Gasteiger partial charge is 0.493 e. The Hall–Kier alpha value is -3.61. The summed E-state index contributed by atoms with van der Waals surface area (Å²) in [6.45, 7) is 6.98. The fourth-order valence-electron chi connectivity index (χ4n) is 3.65. The minimum Gasteiger partial charge on any atom is -0.493 e. The number of amides is 2. The highest BCUT2D eigenvalue weighted by Gasteiger charge is 2.40. The Balaban J connectivity index is 2.05. The summed E-state index contributed by atoms with van der Waals surface area (Å²) in [5, 5.41) is 0. The minimum absolute atomic E-state index is 0.153. The van der Waals surface area contributed by atoms with Crippen LogP contribution in [-0.2, 0) is 16.0 Å². The van der Waals surface area contributed by atoms with Gasteiger partial charge < -0.3 is 14.4 Å². The molecule has 7 heteroatoms. The first-order valence-corrected chi connectivity index (χ1v) is 10.1. The summed E-state index contributed by atoms with van der Waals surface area (Å²) in [4.78, 5) is 33.8. The molecule has 1 aliphatic rings. The molecule has 0 N–H and O–H groups in total. The van der Waals surface area contributed by atoms with Crippen molar-refractivity contribution in [3.63, 3.8) is 0 Å². The maximum Gasteiger partial charge on any atom is 0.278 e. The Morgan fingerprint density at radius 2 is 1.77 bits per heavy atom. The summed E-state index contributed by atoms with van der Waals surface area (Å²) in [5.74, 6) is 0.396. The van der Waals surface area contributed by atoms with Crippen molar-refractivity contribution >= 4 is 17.4 Å². The lowest BCUT2D eigenvalue weighted by Crippen LogP contribution is -2.36. The van der Waals surface area contributed by atoms with Gasteiger partial charge in [0.25, 0.3) is 11.8 Å². The standard InChI is InChI=1S/C24H27N3O4/c1-5-14-27-23(28)21(18-7-8-19(30-3)20(16-18)31-4)22(24(27)29)26(6-2)15-11-17-9-12-25-13-10-17/h5,7-10,12-13,16H,1,6,11,14-15H2,2-4H3. The number of hydrogen-bond donors (Lipinski definition) is 0. The number of ether oxygens (including phenoxy) is 2. The van der Waals surface area contributed by atoms with Gasteiger partial charge in [-0.3, -0.25) is 19.5 Å². The first-order valence-electron chi connectivity index (χ1n) is 10.1. The second-order valence-corrected chi connectivity index (χ2v) is 6.99.